The van der Waals surface area contributed by atoms with Crippen LogP contribution in [0.5, 0.6) is 0 Å². The molecule has 1 aromatic heterocycles. The minimum absolute atomic E-state index is 0.0963. The zero-order chi connectivity index (χ0) is 12.1. The number of rotatable bonds is 6. The second-order valence-corrected chi connectivity index (χ2v) is 6.94. The molecule has 0 amide bonds. The summed E-state index contributed by atoms with van der Waals surface area (Å²) < 4.78 is 0. The molecule has 1 heterocycles. The molecule has 4 heteroatoms. The lowest BCUT2D eigenvalue weighted by Crippen LogP contribution is -2.18. The van der Waals surface area contributed by atoms with Gasteiger partial charge in [-0.25, -0.2) is 4.98 Å². The van der Waals surface area contributed by atoms with Gasteiger partial charge in [-0.1, -0.05) is 34.1 Å². The quantitative estimate of drug-likeness (QED) is 0.843. The van der Waals surface area contributed by atoms with Gasteiger partial charge in [0.2, 0.25) is 0 Å². The van der Waals surface area contributed by atoms with Crippen LogP contribution in [0.4, 0.5) is 0 Å². The van der Waals surface area contributed by atoms with Gasteiger partial charge in [0.1, 0.15) is 5.01 Å². The van der Waals surface area contributed by atoms with Crippen molar-refractivity contribution in [3.8, 4) is 0 Å². The number of hydrogen-bond donors (Lipinski definition) is 1. The highest BCUT2D eigenvalue weighted by Gasteiger charge is 2.16. The molecule has 2 unspecified atom stereocenters. The molecule has 1 aromatic rings. The third kappa shape index (κ3) is 4.07. The van der Waals surface area contributed by atoms with Crippen molar-refractivity contribution in [2.45, 2.75) is 51.2 Å². The molecule has 0 radical (unpaired) electrons. The van der Waals surface area contributed by atoms with Gasteiger partial charge in [0.15, 0.2) is 0 Å². The lowest BCUT2D eigenvalue weighted by atomic mass is 9.98. The molecule has 92 valence electrons. The largest absolute Gasteiger partial charge is 0.322 e. The Morgan fingerprint density at radius 2 is 2.12 bits per heavy atom. The smallest absolute Gasteiger partial charge is 0.103 e. The van der Waals surface area contributed by atoms with Gasteiger partial charge < -0.3 is 5.73 Å². The fourth-order valence-electron chi connectivity index (χ4n) is 1.33. The van der Waals surface area contributed by atoms with Gasteiger partial charge >= 0.3 is 0 Å². The fraction of sp³-hybridized carbons (Fsp3) is 0.750. The van der Waals surface area contributed by atoms with Gasteiger partial charge in [-0.15, -0.1) is 11.3 Å². The van der Waals surface area contributed by atoms with Crippen LogP contribution in [-0.2, 0) is 5.75 Å². The fourth-order valence-corrected chi connectivity index (χ4v) is 2.97. The predicted octanol–water partition coefficient (Wildman–Crippen LogP) is 3.83. The van der Waals surface area contributed by atoms with E-state index in [1.165, 1.54) is 5.01 Å². The molecule has 1 rings (SSSR count). The summed E-state index contributed by atoms with van der Waals surface area (Å²) in [5.41, 5.74) is 7.22. The van der Waals surface area contributed by atoms with Crippen molar-refractivity contribution < 1.29 is 0 Å². The van der Waals surface area contributed by atoms with Crippen LogP contribution in [0, 0.1) is 5.92 Å². The molecule has 0 spiro atoms. The second-order valence-electron chi connectivity index (χ2n) is 4.44. The van der Waals surface area contributed by atoms with E-state index in [0.29, 0.717) is 11.2 Å². The highest BCUT2D eigenvalue weighted by atomic mass is 32.2. The van der Waals surface area contributed by atoms with Crippen LogP contribution in [0.25, 0.3) is 0 Å². The normalized spacial score (nSPS) is 15.4. The third-order valence-corrected chi connectivity index (χ3v) is 4.86. The van der Waals surface area contributed by atoms with Crippen LogP contribution in [0.3, 0.4) is 0 Å². The highest BCUT2D eigenvalue weighted by Crippen LogP contribution is 2.26. The predicted molar refractivity (Wildman–Crippen MR) is 74.9 cm³/mol. The van der Waals surface area contributed by atoms with Gasteiger partial charge in [0, 0.05) is 11.1 Å². The summed E-state index contributed by atoms with van der Waals surface area (Å²) in [5.74, 6) is 1.52. The molecule has 0 bridgehead atoms. The average molecular weight is 258 g/mol. The maximum Gasteiger partial charge on any atom is 0.103 e. The molecule has 16 heavy (non-hydrogen) atoms. The van der Waals surface area contributed by atoms with Crippen LogP contribution in [-0.4, -0.2) is 10.2 Å². The Balaban J connectivity index is 2.57. The van der Waals surface area contributed by atoms with Crippen molar-refractivity contribution in [3.63, 3.8) is 0 Å². The van der Waals surface area contributed by atoms with E-state index in [1.807, 2.05) is 11.8 Å². The van der Waals surface area contributed by atoms with E-state index in [0.717, 1.165) is 17.9 Å². The summed E-state index contributed by atoms with van der Waals surface area (Å²) in [4.78, 5) is 4.62. The monoisotopic (exact) mass is 258 g/mol. The van der Waals surface area contributed by atoms with E-state index < -0.39 is 0 Å². The summed E-state index contributed by atoms with van der Waals surface area (Å²) in [6, 6.07) is 0.0963. The van der Waals surface area contributed by atoms with Crippen LogP contribution in [0.1, 0.15) is 50.9 Å². The van der Waals surface area contributed by atoms with Crippen molar-refractivity contribution in [1.29, 1.82) is 0 Å². The molecule has 0 aliphatic rings. The van der Waals surface area contributed by atoms with E-state index in [-0.39, 0.29) is 6.04 Å². The van der Waals surface area contributed by atoms with E-state index >= 15 is 0 Å². The maximum absolute atomic E-state index is 6.16. The molecule has 0 fully saturated rings. The van der Waals surface area contributed by atoms with Crippen LogP contribution < -0.4 is 5.73 Å². The lowest BCUT2D eigenvalue weighted by Gasteiger charge is -2.15. The van der Waals surface area contributed by atoms with Crippen molar-refractivity contribution in [2.75, 3.05) is 0 Å². The SMILES string of the molecule is CCC(C)C(N)c1csc(CSC(C)C)n1. The summed E-state index contributed by atoms with van der Waals surface area (Å²) in [6.07, 6.45) is 1.11. The molecule has 2 atom stereocenters. The molecule has 2 nitrogen and oxygen atoms in total. The molecule has 0 aromatic carbocycles. The first-order chi connectivity index (χ1) is 7.54. The van der Waals surface area contributed by atoms with E-state index in [1.54, 1.807) is 11.3 Å². The first-order valence-electron chi connectivity index (χ1n) is 5.86. The van der Waals surface area contributed by atoms with Crippen molar-refractivity contribution in [3.05, 3.63) is 16.1 Å². The van der Waals surface area contributed by atoms with Crippen molar-refractivity contribution >= 4 is 23.1 Å². The van der Waals surface area contributed by atoms with Crippen LogP contribution >= 0.6 is 23.1 Å². The summed E-state index contributed by atoms with van der Waals surface area (Å²) in [6.45, 7) is 8.78. The van der Waals surface area contributed by atoms with E-state index in [9.17, 15) is 0 Å². The first kappa shape index (κ1) is 14.0. The Morgan fingerprint density at radius 3 is 2.69 bits per heavy atom. The highest BCUT2D eigenvalue weighted by molar-refractivity contribution is 7.99. The molecular formula is C12H22N2S2. The molecular weight excluding hydrogens is 236 g/mol. The average Bonchev–Trinajstić information content (AvgIpc) is 2.72. The van der Waals surface area contributed by atoms with Gasteiger partial charge in [-0.05, 0) is 11.2 Å². The van der Waals surface area contributed by atoms with E-state index in [4.69, 9.17) is 5.73 Å². The van der Waals surface area contributed by atoms with Gasteiger partial charge in [0.05, 0.1) is 11.7 Å². The van der Waals surface area contributed by atoms with Crippen LogP contribution in [0.2, 0.25) is 0 Å². The summed E-state index contributed by atoms with van der Waals surface area (Å²) in [5, 5.41) is 3.98. The van der Waals surface area contributed by atoms with E-state index in [2.05, 4.69) is 38.1 Å². The topological polar surface area (TPSA) is 38.9 Å². The number of nitrogens with two attached hydrogens (primary N) is 1. The molecule has 0 aliphatic carbocycles. The maximum atomic E-state index is 6.16. The Hall–Kier alpha value is -0.0600. The van der Waals surface area contributed by atoms with Crippen molar-refractivity contribution in [2.24, 2.45) is 11.7 Å². The van der Waals surface area contributed by atoms with Crippen LogP contribution in [0.15, 0.2) is 5.38 Å². The number of thioether (sulfide) groups is 1. The zero-order valence-corrected chi connectivity index (χ0v) is 12.2. The number of nitrogens with zero attached hydrogens (tertiary/aromatic N) is 1. The van der Waals surface area contributed by atoms with Gasteiger partial charge in [-0.3, -0.25) is 0 Å². The molecule has 2 N–H and O–H groups in total. The Kier molecular flexibility index (Phi) is 5.79. The van der Waals surface area contributed by atoms with Gasteiger partial charge in [0.25, 0.3) is 0 Å². The minimum atomic E-state index is 0.0963. The second kappa shape index (κ2) is 6.62. The molecule has 0 aliphatic heterocycles. The molecule has 0 saturated carbocycles. The Bertz CT molecular complexity index is 310. The molecule has 0 saturated heterocycles. The zero-order valence-electron chi connectivity index (χ0n) is 10.6. The Morgan fingerprint density at radius 1 is 1.44 bits per heavy atom. The van der Waals surface area contributed by atoms with Crippen molar-refractivity contribution in [1.82, 2.24) is 4.98 Å². The minimum Gasteiger partial charge on any atom is -0.322 e. The Labute approximate surface area is 107 Å². The number of aromatic nitrogens is 1. The van der Waals surface area contributed by atoms with Gasteiger partial charge in [-0.2, -0.15) is 11.8 Å². The number of thiazole rings is 1. The first-order valence-corrected chi connectivity index (χ1v) is 7.78. The lowest BCUT2D eigenvalue weighted by molar-refractivity contribution is 0.449. The standard InChI is InChI=1S/C12H22N2S2/c1-5-9(4)12(13)10-6-16-11(14-10)7-15-8(2)3/h6,8-9,12H,5,7,13H2,1-4H3. The third-order valence-electron chi connectivity index (χ3n) is 2.71. The summed E-state index contributed by atoms with van der Waals surface area (Å²) in [7, 11) is 0. The summed E-state index contributed by atoms with van der Waals surface area (Å²) >= 11 is 3.67. The number of hydrogen-bond acceptors (Lipinski definition) is 4.